The van der Waals surface area contributed by atoms with Gasteiger partial charge in [-0.3, -0.25) is 0 Å². The summed E-state index contributed by atoms with van der Waals surface area (Å²) in [7, 11) is 1.46. The van der Waals surface area contributed by atoms with E-state index in [1.807, 2.05) is 0 Å². The first-order chi connectivity index (χ1) is 5.81. The molecule has 0 aromatic carbocycles. The maximum absolute atomic E-state index is 12.6. The smallest absolute Gasteiger partial charge is 0.279 e. The van der Waals surface area contributed by atoms with E-state index < -0.39 is 6.01 Å². The van der Waals surface area contributed by atoms with Crippen molar-refractivity contribution in [1.82, 2.24) is 4.98 Å². The van der Waals surface area contributed by atoms with Crippen molar-refractivity contribution in [2.45, 2.75) is 0 Å². The molecular weight excluding hydrogens is 161 g/mol. The van der Waals surface area contributed by atoms with Gasteiger partial charge in [-0.2, -0.15) is 4.39 Å². The van der Waals surface area contributed by atoms with Crippen LogP contribution < -0.4 is 4.74 Å². The van der Waals surface area contributed by atoms with Gasteiger partial charge < -0.3 is 9.15 Å². The fraction of sp³-hybridized carbons (Fsp3) is 0.125. The van der Waals surface area contributed by atoms with E-state index in [0.717, 1.165) is 0 Å². The van der Waals surface area contributed by atoms with Crippen LogP contribution in [0.25, 0.3) is 11.0 Å². The number of hydrogen-bond acceptors (Lipinski definition) is 3. The number of rotatable bonds is 1. The van der Waals surface area contributed by atoms with Crippen molar-refractivity contribution in [3.63, 3.8) is 0 Å². The number of aromatic nitrogens is 1. The van der Waals surface area contributed by atoms with Gasteiger partial charge in [0.05, 0.1) is 7.11 Å². The second-order valence-electron chi connectivity index (χ2n) is 2.29. The minimum Gasteiger partial charge on any atom is -0.478 e. The third-order valence-electron chi connectivity index (χ3n) is 1.56. The van der Waals surface area contributed by atoms with E-state index in [1.54, 1.807) is 6.07 Å². The van der Waals surface area contributed by atoms with Gasteiger partial charge >= 0.3 is 0 Å². The monoisotopic (exact) mass is 167 g/mol. The molecule has 0 aliphatic rings. The minimum absolute atomic E-state index is 0.302. The third kappa shape index (κ3) is 0.922. The molecule has 0 fully saturated rings. The Morgan fingerprint density at radius 3 is 3.17 bits per heavy atom. The van der Waals surface area contributed by atoms with Gasteiger partial charge in [-0.25, -0.2) is 4.98 Å². The summed E-state index contributed by atoms with van der Waals surface area (Å²) >= 11 is 0. The first kappa shape index (κ1) is 7.09. The summed E-state index contributed by atoms with van der Waals surface area (Å²) < 4.78 is 22.2. The van der Waals surface area contributed by atoms with Gasteiger partial charge in [0.15, 0.2) is 5.58 Å². The van der Waals surface area contributed by atoms with Crippen molar-refractivity contribution < 1.29 is 13.5 Å². The molecule has 2 aromatic rings. The molecule has 0 saturated heterocycles. The first-order valence-electron chi connectivity index (χ1n) is 3.39. The molecule has 62 valence electrons. The Morgan fingerprint density at radius 1 is 1.58 bits per heavy atom. The van der Waals surface area contributed by atoms with Crippen LogP contribution in [0, 0.1) is 6.01 Å². The average Bonchev–Trinajstić information content (AvgIpc) is 2.44. The van der Waals surface area contributed by atoms with Gasteiger partial charge in [0.1, 0.15) is 0 Å². The van der Waals surface area contributed by atoms with Crippen LogP contribution in [-0.4, -0.2) is 12.1 Å². The summed E-state index contributed by atoms with van der Waals surface area (Å²) in [6.07, 6.45) is 1.54. The topological polar surface area (TPSA) is 35.3 Å². The number of methoxy groups -OCH3 is 1. The van der Waals surface area contributed by atoms with Crippen molar-refractivity contribution in [2.24, 2.45) is 0 Å². The predicted octanol–water partition coefficient (Wildman–Crippen LogP) is 1.98. The minimum atomic E-state index is -0.628. The molecule has 0 saturated carbocycles. The van der Waals surface area contributed by atoms with Gasteiger partial charge in [-0.15, -0.1) is 0 Å². The maximum atomic E-state index is 12.6. The molecule has 2 heterocycles. The van der Waals surface area contributed by atoms with Gasteiger partial charge in [0.2, 0.25) is 0 Å². The van der Waals surface area contributed by atoms with Crippen LogP contribution >= 0.6 is 0 Å². The van der Waals surface area contributed by atoms with Gasteiger partial charge in [-0.1, -0.05) is 0 Å². The van der Waals surface area contributed by atoms with E-state index >= 15 is 0 Å². The first-order valence-corrected chi connectivity index (χ1v) is 3.39. The van der Waals surface area contributed by atoms with E-state index in [4.69, 9.17) is 9.15 Å². The molecule has 2 aromatic heterocycles. The van der Waals surface area contributed by atoms with Gasteiger partial charge in [-0.05, 0) is 6.07 Å². The van der Waals surface area contributed by atoms with E-state index in [0.29, 0.717) is 16.8 Å². The summed E-state index contributed by atoms with van der Waals surface area (Å²) in [5, 5.41) is 0.652. The molecule has 0 atom stereocenters. The zero-order valence-corrected chi connectivity index (χ0v) is 6.37. The number of halogens is 1. The summed E-state index contributed by atoms with van der Waals surface area (Å²) in [6, 6.07) is 2.32. The highest BCUT2D eigenvalue weighted by Crippen LogP contribution is 2.24. The maximum Gasteiger partial charge on any atom is 0.279 e. The lowest BCUT2D eigenvalue weighted by atomic mass is 10.3. The number of hydrogen-bond donors (Lipinski definition) is 0. The van der Waals surface area contributed by atoms with Crippen molar-refractivity contribution in [1.29, 1.82) is 0 Å². The molecule has 0 spiro atoms. The highest BCUT2D eigenvalue weighted by molar-refractivity contribution is 5.81. The standard InChI is InChI=1S/C8H6FNO2/c1-11-8-7-5(2-3-10-8)4-6(9)12-7/h2-4H,1H3. The number of fused-ring (bicyclic) bond motifs is 1. The van der Waals surface area contributed by atoms with E-state index in [9.17, 15) is 4.39 Å². The summed E-state index contributed by atoms with van der Waals surface area (Å²) in [6.45, 7) is 0. The van der Waals surface area contributed by atoms with E-state index in [-0.39, 0.29) is 0 Å². The summed E-state index contributed by atoms with van der Waals surface area (Å²) in [4.78, 5) is 3.86. The Kier molecular flexibility index (Phi) is 1.46. The molecule has 0 bridgehead atoms. The zero-order valence-electron chi connectivity index (χ0n) is 6.37. The van der Waals surface area contributed by atoms with Crippen LogP contribution in [0.15, 0.2) is 22.7 Å². The summed E-state index contributed by atoms with van der Waals surface area (Å²) in [5.74, 6) is 0.302. The Balaban J connectivity index is 2.78. The van der Waals surface area contributed by atoms with Crippen LogP contribution in [0.2, 0.25) is 0 Å². The molecule has 0 radical (unpaired) electrons. The van der Waals surface area contributed by atoms with Crippen LogP contribution in [0.3, 0.4) is 0 Å². The molecule has 0 unspecified atom stereocenters. The molecule has 0 amide bonds. The normalized spacial score (nSPS) is 10.5. The van der Waals surface area contributed by atoms with E-state index in [1.165, 1.54) is 19.4 Å². The fourth-order valence-electron chi connectivity index (χ4n) is 1.05. The van der Waals surface area contributed by atoms with Crippen LogP contribution in [-0.2, 0) is 0 Å². The van der Waals surface area contributed by atoms with Crippen molar-refractivity contribution in [3.05, 3.63) is 24.3 Å². The molecule has 3 nitrogen and oxygen atoms in total. The molecule has 0 N–H and O–H groups in total. The lowest BCUT2D eigenvalue weighted by Crippen LogP contribution is -1.85. The van der Waals surface area contributed by atoms with Crippen molar-refractivity contribution in [2.75, 3.05) is 7.11 Å². The molecule has 12 heavy (non-hydrogen) atoms. The number of pyridine rings is 1. The highest BCUT2D eigenvalue weighted by Gasteiger charge is 2.08. The van der Waals surface area contributed by atoms with Crippen LogP contribution in [0.4, 0.5) is 4.39 Å². The third-order valence-corrected chi connectivity index (χ3v) is 1.56. The van der Waals surface area contributed by atoms with Crippen LogP contribution in [0.1, 0.15) is 0 Å². The fourth-order valence-corrected chi connectivity index (χ4v) is 1.05. The number of furan rings is 1. The Morgan fingerprint density at radius 2 is 2.42 bits per heavy atom. The number of nitrogens with zero attached hydrogens (tertiary/aromatic N) is 1. The van der Waals surface area contributed by atoms with E-state index in [2.05, 4.69) is 4.98 Å². The van der Waals surface area contributed by atoms with Gasteiger partial charge in [0, 0.05) is 17.6 Å². The Labute approximate surface area is 67.8 Å². The van der Waals surface area contributed by atoms with Crippen LogP contribution in [0.5, 0.6) is 5.88 Å². The van der Waals surface area contributed by atoms with Crippen molar-refractivity contribution in [3.8, 4) is 5.88 Å². The van der Waals surface area contributed by atoms with Crippen molar-refractivity contribution >= 4 is 11.0 Å². The Hall–Kier alpha value is -1.58. The molecular formula is C8H6FNO2. The quantitative estimate of drug-likeness (QED) is 0.651. The number of ether oxygens (including phenoxy) is 1. The largest absolute Gasteiger partial charge is 0.478 e. The Bertz CT molecular complexity index is 410. The lowest BCUT2D eigenvalue weighted by molar-refractivity contribution is 0.357. The molecule has 2 rings (SSSR count). The zero-order chi connectivity index (χ0) is 8.55. The molecule has 0 aliphatic carbocycles. The lowest BCUT2D eigenvalue weighted by Gasteiger charge is -1.96. The predicted molar refractivity (Wildman–Crippen MR) is 40.5 cm³/mol. The SMILES string of the molecule is COc1nccc2cc(F)oc12. The summed E-state index contributed by atoms with van der Waals surface area (Å²) in [5.41, 5.74) is 0.345. The second kappa shape index (κ2) is 2.48. The second-order valence-corrected chi connectivity index (χ2v) is 2.29. The molecule has 4 heteroatoms. The highest BCUT2D eigenvalue weighted by atomic mass is 19.1. The average molecular weight is 167 g/mol. The molecule has 0 aliphatic heterocycles. The van der Waals surface area contributed by atoms with Gasteiger partial charge in [0.25, 0.3) is 11.9 Å².